The number of aromatic nitrogens is 2. The fraction of sp³-hybridized carbons (Fsp3) is 0.0526. The Morgan fingerprint density at radius 1 is 1.12 bits per heavy atom. The van der Waals surface area contributed by atoms with Crippen LogP contribution in [0.15, 0.2) is 69.9 Å². The lowest BCUT2D eigenvalue weighted by Gasteiger charge is -2.09. The third-order valence-corrected chi connectivity index (χ3v) is 4.15. The molecule has 3 aromatic rings. The van der Waals surface area contributed by atoms with Gasteiger partial charge in [-0.15, -0.1) is 0 Å². The van der Waals surface area contributed by atoms with Gasteiger partial charge in [-0.05, 0) is 30.3 Å². The number of nitriles is 1. The maximum Gasteiger partial charge on any atom is 0.267 e. The van der Waals surface area contributed by atoms with Crippen LogP contribution in [-0.4, -0.2) is 15.7 Å². The molecule has 1 amide bonds. The van der Waals surface area contributed by atoms with E-state index < -0.39 is 5.91 Å². The summed E-state index contributed by atoms with van der Waals surface area (Å²) in [7, 11) is 0. The van der Waals surface area contributed by atoms with E-state index in [4.69, 9.17) is 5.26 Å². The molecule has 2 aromatic carbocycles. The van der Waals surface area contributed by atoms with E-state index in [0.29, 0.717) is 16.9 Å². The molecule has 0 aliphatic heterocycles. The zero-order valence-corrected chi connectivity index (χ0v) is 15.1. The first-order valence-electron chi connectivity index (χ1n) is 7.70. The number of carbonyl (C=O) groups excluding carboxylic acids is 1. The molecular weight excluding hydrogens is 396 g/mol. The fourth-order valence-electron chi connectivity index (χ4n) is 2.35. The van der Waals surface area contributed by atoms with Crippen molar-refractivity contribution in [1.29, 1.82) is 5.26 Å². The molecule has 6 nitrogen and oxygen atoms in total. The number of amides is 1. The molecule has 7 heteroatoms. The minimum atomic E-state index is -0.435. The summed E-state index contributed by atoms with van der Waals surface area (Å²) >= 11 is 3.37. The van der Waals surface area contributed by atoms with E-state index in [1.54, 1.807) is 30.3 Å². The van der Waals surface area contributed by atoms with Gasteiger partial charge in [-0.1, -0.05) is 40.2 Å². The smallest absolute Gasteiger partial charge is 0.267 e. The third kappa shape index (κ3) is 4.05. The predicted molar refractivity (Wildman–Crippen MR) is 101 cm³/mol. The molecular formula is C19H13BrN4O2. The summed E-state index contributed by atoms with van der Waals surface area (Å²) in [5, 5.41) is 16.0. The summed E-state index contributed by atoms with van der Waals surface area (Å²) < 4.78 is 2.03. The van der Waals surface area contributed by atoms with Crippen molar-refractivity contribution < 1.29 is 4.79 Å². The van der Waals surface area contributed by atoms with Gasteiger partial charge < -0.3 is 5.32 Å². The van der Waals surface area contributed by atoms with Gasteiger partial charge in [0.25, 0.3) is 5.56 Å². The van der Waals surface area contributed by atoms with Gasteiger partial charge in [0.1, 0.15) is 12.6 Å². The molecule has 0 radical (unpaired) electrons. The molecule has 1 N–H and O–H groups in total. The first-order chi connectivity index (χ1) is 12.6. The predicted octanol–water partition coefficient (Wildman–Crippen LogP) is 3.18. The molecule has 0 bridgehead atoms. The number of carbonyl (C=O) groups is 1. The van der Waals surface area contributed by atoms with Gasteiger partial charge in [-0.2, -0.15) is 10.4 Å². The highest BCUT2D eigenvalue weighted by molar-refractivity contribution is 9.10. The molecule has 0 fully saturated rings. The number of benzene rings is 2. The van der Waals surface area contributed by atoms with Gasteiger partial charge >= 0.3 is 0 Å². The number of para-hydroxylation sites is 1. The largest absolute Gasteiger partial charge is 0.323 e. The SMILES string of the molecule is N#Cc1ccccc1NC(=O)Cn1nc(-c2ccc(Br)cc2)ccc1=O. The molecule has 0 unspecified atom stereocenters. The Kier molecular flexibility index (Phi) is 5.25. The van der Waals surface area contributed by atoms with E-state index in [-0.39, 0.29) is 12.1 Å². The highest BCUT2D eigenvalue weighted by Crippen LogP contribution is 2.19. The second-order valence-electron chi connectivity index (χ2n) is 5.43. The lowest BCUT2D eigenvalue weighted by Crippen LogP contribution is -2.29. The average molecular weight is 409 g/mol. The van der Waals surface area contributed by atoms with E-state index >= 15 is 0 Å². The summed E-state index contributed by atoms with van der Waals surface area (Å²) in [6.45, 7) is -0.247. The molecule has 0 saturated carbocycles. The van der Waals surface area contributed by atoms with E-state index in [2.05, 4.69) is 26.3 Å². The Hall–Kier alpha value is -3.24. The first-order valence-corrected chi connectivity index (χ1v) is 8.49. The second-order valence-corrected chi connectivity index (χ2v) is 6.34. The number of rotatable bonds is 4. The van der Waals surface area contributed by atoms with Crippen molar-refractivity contribution in [3.63, 3.8) is 0 Å². The number of hydrogen-bond donors (Lipinski definition) is 1. The van der Waals surface area contributed by atoms with Crippen molar-refractivity contribution >= 4 is 27.5 Å². The minimum Gasteiger partial charge on any atom is -0.323 e. The van der Waals surface area contributed by atoms with Crippen molar-refractivity contribution in [3.8, 4) is 17.3 Å². The van der Waals surface area contributed by atoms with Crippen LogP contribution in [0.3, 0.4) is 0 Å². The van der Waals surface area contributed by atoms with Crippen LogP contribution in [0.5, 0.6) is 0 Å². The fourth-order valence-corrected chi connectivity index (χ4v) is 2.62. The van der Waals surface area contributed by atoms with E-state index in [1.165, 1.54) is 6.07 Å². The summed E-state index contributed by atoms with van der Waals surface area (Å²) in [5.41, 5.74) is 1.79. The molecule has 0 aliphatic rings. The zero-order valence-electron chi connectivity index (χ0n) is 13.5. The number of hydrogen-bond acceptors (Lipinski definition) is 4. The van der Waals surface area contributed by atoms with Crippen molar-refractivity contribution in [1.82, 2.24) is 9.78 Å². The van der Waals surface area contributed by atoms with Crippen LogP contribution in [0.2, 0.25) is 0 Å². The van der Waals surface area contributed by atoms with Crippen LogP contribution in [0.1, 0.15) is 5.56 Å². The van der Waals surface area contributed by atoms with Crippen LogP contribution in [0, 0.1) is 11.3 Å². The van der Waals surface area contributed by atoms with Gasteiger partial charge in [0.05, 0.1) is 16.9 Å². The normalized spacial score (nSPS) is 10.2. The molecule has 0 spiro atoms. The first kappa shape index (κ1) is 17.6. The van der Waals surface area contributed by atoms with Crippen molar-refractivity contribution in [2.45, 2.75) is 6.54 Å². The number of nitrogens with one attached hydrogen (secondary N) is 1. The molecule has 26 heavy (non-hydrogen) atoms. The van der Waals surface area contributed by atoms with Gasteiger partial charge in [0.2, 0.25) is 5.91 Å². The van der Waals surface area contributed by atoms with Gasteiger partial charge in [-0.3, -0.25) is 9.59 Å². The minimum absolute atomic E-state index is 0.247. The van der Waals surface area contributed by atoms with Gasteiger partial charge in [0.15, 0.2) is 0 Å². The summed E-state index contributed by atoms with van der Waals surface area (Å²) in [4.78, 5) is 24.3. The highest BCUT2D eigenvalue weighted by atomic mass is 79.9. The van der Waals surface area contributed by atoms with Gasteiger partial charge in [0, 0.05) is 16.1 Å². The lowest BCUT2D eigenvalue weighted by atomic mass is 10.1. The molecule has 0 aliphatic carbocycles. The molecule has 0 saturated heterocycles. The van der Waals surface area contributed by atoms with Crippen LogP contribution in [0.25, 0.3) is 11.3 Å². The Bertz CT molecular complexity index is 1050. The van der Waals surface area contributed by atoms with Crippen LogP contribution >= 0.6 is 15.9 Å². The third-order valence-electron chi connectivity index (χ3n) is 3.62. The van der Waals surface area contributed by atoms with Crippen molar-refractivity contribution in [3.05, 3.63) is 81.1 Å². The zero-order chi connectivity index (χ0) is 18.5. The van der Waals surface area contributed by atoms with E-state index in [1.807, 2.05) is 30.3 Å². The molecule has 1 aromatic heterocycles. The second kappa shape index (κ2) is 7.76. The maximum absolute atomic E-state index is 12.3. The maximum atomic E-state index is 12.3. The molecule has 128 valence electrons. The van der Waals surface area contributed by atoms with Crippen molar-refractivity contribution in [2.75, 3.05) is 5.32 Å². The number of anilines is 1. The van der Waals surface area contributed by atoms with Gasteiger partial charge in [-0.25, -0.2) is 4.68 Å². The van der Waals surface area contributed by atoms with E-state index in [9.17, 15) is 9.59 Å². The van der Waals surface area contributed by atoms with Crippen molar-refractivity contribution in [2.24, 2.45) is 0 Å². The molecule has 1 heterocycles. The summed E-state index contributed by atoms with van der Waals surface area (Å²) in [6.07, 6.45) is 0. The Morgan fingerprint density at radius 3 is 2.58 bits per heavy atom. The van der Waals surface area contributed by atoms with Crippen LogP contribution in [0.4, 0.5) is 5.69 Å². The Morgan fingerprint density at radius 2 is 1.85 bits per heavy atom. The van der Waals surface area contributed by atoms with Crippen LogP contribution in [-0.2, 0) is 11.3 Å². The Balaban J connectivity index is 1.82. The quantitative estimate of drug-likeness (QED) is 0.717. The Labute approximate surface area is 157 Å². The van der Waals surface area contributed by atoms with E-state index in [0.717, 1.165) is 14.7 Å². The highest BCUT2D eigenvalue weighted by Gasteiger charge is 2.10. The summed E-state index contributed by atoms with van der Waals surface area (Å²) in [5.74, 6) is -0.435. The summed E-state index contributed by atoms with van der Waals surface area (Å²) in [6, 6.07) is 19.1. The average Bonchev–Trinajstić information content (AvgIpc) is 2.64. The topological polar surface area (TPSA) is 87.8 Å². The number of nitrogens with zero attached hydrogens (tertiary/aromatic N) is 3. The lowest BCUT2D eigenvalue weighted by molar-refractivity contribution is -0.117. The number of halogens is 1. The van der Waals surface area contributed by atoms with Crippen LogP contribution < -0.4 is 10.9 Å². The monoisotopic (exact) mass is 408 g/mol. The molecule has 0 atom stereocenters. The standard InChI is InChI=1S/C19H13BrN4O2/c20-15-7-5-13(6-8-15)17-9-10-19(26)24(23-17)12-18(25)22-16-4-2-1-3-14(16)11-21/h1-10H,12H2,(H,22,25). The molecule has 3 rings (SSSR count).